The molecule has 1 aromatic heterocycles. The highest BCUT2D eigenvalue weighted by Crippen LogP contribution is 2.21. The molecule has 1 amide bonds. The van der Waals surface area contributed by atoms with Gasteiger partial charge in [0.25, 0.3) is 0 Å². The number of aryl methyl sites for hydroxylation is 1. The molecule has 0 fully saturated rings. The van der Waals surface area contributed by atoms with Gasteiger partial charge in [0.15, 0.2) is 0 Å². The Balaban J connectivity index is 1.74. The van der Waals surface area contributed by atoms with E-state index in [2.05, 4.69) is 29.4 Å². The van der Waals surface area contributed by atoms with E-state index < -0.39 is 6.10 Å². The van der Waals surface area contributed by atoms with Crippen molar-refractivity contribution in [2.45, 2.75) is 45.8 Å². The molecule has 26 heavy (non-hydrogen) atoms. The van der Waals surface area contributed by atoms with Crippen molar-refractivity contribution in [3.8, 4) is 0 Å². The van der Waals surface area contributed by atoms with Gasteiger partial charge in [-0.25, -0.2) is 4.98 Å². The maximum atomic E-state index is 12.5. The number of amides is 1. The first-order valence-corrected chi connectivity index (χ1v) is 9.10. The number of imidazole rings is 1. The summed E-state index contributed by atoms with van der Waals surface area (Å²) in [6.45, 7) is 3.94. The molecule has 3 rings (SSSR count). The zero-order valence-corrected chi connectivity index (χ0v) is 15.3. The van der Waals surface area contributed by atoms with Crippen molar-refractivity contribution in [2.75, 3.05) is 5.32 Å². The summed E-state index contributed by atoms with van der Waals surface area (Å²) < 4.78 is 1.77. The lowest BCUT2D eigenvalue weighted by Gasteiger charge is -2.11. The minimum atomic E-state index is -0.743. The maximum Gasteiger partial charge on any atom is 0.244 e. The van der Waals surface area contributed by atoms with Crippen LogP contribution in [0, 0.1) is 0 Å². The topological polar surface area (TPSA) is 67.2 Å². The molecule has 0 unspecified atom stereocenters. The average Bonchev–Trinajstić information content (AvgIpc) is 3.00. The molecule has 0 spiro atoms. The normalized spacial score (nSPS) is 12.3. The molecule has 2 aromatic carbocycles. The first kappa shape index (κ1) is 18.1. The van der Waals surface area contributed by atoms with Crippen LogP contribution in [0.2, 0.25) is 0 Å². The predicted molar refractivity (Wildman–Crippen MR) is 104 cm³/mol. The van der Waals surface area contributed by atoms with E-state index in [1.807, 2.05) is 36.4 Å². The minimum absolute atomic E-state index is 0.109. The zero-order valence-electron chi connectivity index (χ0n) is 15.3. The van der Waals surface area contributed by atoms with Crippen LogP contribution >= 0.6 is 0 Å². The van der Waals surface area contributed by atoms with E-state index in [9.17, 15) is 9.90 Å². The fraction of sp³-hybridized carbons (Fsp3) is 0.333. The molecule has 1 heterocycles. The second kappa shape index (κ2) is 8.15. The van der Waals surface area contributed by atoms with Crippen molar-refractivity contribution in [1.29, 1.82) is 0 Å². The number of hydrogen-bond donors (Lipinski definition) is 2. The van der Waals surface area contributed by atoms with Crippen LogP contribution in [-0.2, 0) is 17.8 Å². The van der Waals surface area contributed by atoms with Crippen molar-refractivity contribution in [3.63, 3.8) is 0 Å². The number of benzene rings is 2. The summed E-state index contributed by atoms with van der Waals surface area (Å²) >= 11 is 0. The number of rotatable bonds is 7. The van der Waals surface area contributed by atoms with E-state index in [-0.39, 0.29) is 12.5 Å². The SMILES string of the molecule is CCCCc1ccc(NC(=O)Cn2c([C@H](C)O)nc3ccccc32)cc1. The number of unbranched alkanes of at least 4 members (excludes halogenated alkanes) is 1. The van der Waals surface area contributed by atoms with Crippen LogP contribution in [0.15, 0.2) is 48.5 Å². The Morgan fingerprint density at radius 2 is 1.92 bits per heavy atom. The van der Waals surface area contributed by atoms with Crippen molar-refractivity contribution in [2.24, 2.45) is 0 Å². The standard InChI is InChI=1S/C21H25N3O2/c1-3-4-7-16-10-12-17(13-11-16)22-20(26)14-24-19-9-6-5-8-18(19)23-21(24)15(2)25/h5-6,8-13,15,25H,3-4,7,14H2,1-2H3,(H,22,26)/t15-/m0/s1. The first-order valence-electron chi connectivity index (χ1n) is 9.10. The number of nitrogens with zero attached hydrogens (tertiary/aromatic N) is 2. The smallest absolute Gasteiger partial charge is 0.244 e. The number of fused-ring (bicyclic) bond motifs is 1. The molecule has 0 aliphatic carbocycles. The number of anilines is 1. The van der Waals surface area contributed by atoms with E-state index in [1.54, 1.807) is 11.5 Å². The summed E-state index contributed by atoms with van der Waals surface area (Å²) in [7, 11) is 0. The molecular formula is C21H25N3O2. The van der Waals surface area contributed by atoms with Crippen molar-refractivity contribution in [1.82, 2.24) is 9.55 Å². The van der Waals surface area contributed by atoms with Crippen LogP contribution in [-0.4, -0.2) is 20.6 Å². The number of aromatic nitrogens is 2. The number of nitrogens with one attached hydrogen (secondary N) is 1. The second-order valence-corrected chi connectivity index (χ2v) is 6.57. The van der Waals surface area contributed by atoms with Crippen LogP contribution in [0.5, 0.6) is 0 Å². The number of para-hydroxylation sites is 2. The lowest BCUT2D eigenvalue weighted by atomic mass is 10.1. The molecular weight excluding hydrogens is 326 g/mol. The summed E-state index contributed by atoms with van der Waals surface area (Å²) in [4.78, 5) is 17.0. The second-order valence-electron chi connectivity index (χ2n) is 6.57. The van der Waals surface area contributed by atoms with Crippen molar-refractivity contribution < 1.29 is 9.90 Å². The van der Waals surface area contributed by atoms with Crippen LogP contribution in [0.1, 0.15) is 44.2 Å². The number of carbonyl (C=O) groups excluding carboxylic acids is 1. The molecule has 0 radical (unpaired) electrons. The van der Waals surface area contributed by atoms with Gasteiger partial charge in [0.1, 0.15) is 18.5 Å². The third-order valence-electron chi connectivity index (χ3n) is 4.42. The third kappa shape index (κ3) is 4.11. The lowest BCUT2D eigenvalue weighted by molar-refractivity contribution is -0.116. The van der Waals surface area contributed by atoms with E-state index in [4.69, 9.17) is 0 Å². The molecule has 2 N–H and O–H groups in total. The van der Waals surface area contributed by atoms with E-state index >= 15 is 0 Å². The number of aliphatic hydroxyl groups excluding tert-OH is 1. The van der Waals surface area contributed by atoms with Crippen LogP contribution in [0.25, 0.3) is 11.0 Å². The maximum absolute atomic E-state index is 12.5. The Kier molecular flexibility index (Phi) is 5.68. The van der Waals surface area contributed by atoms with E-state index in [0.717, 1.165) is 23.1 Å². The summed E-state index contributed by atoms with van der Waals surface area (Å²) in [6.07, 6.45) is 2.65. The molecule has 1 atom stereocenters. The van der Waals surface area contributed by atoms with Crippen molar-refractivity contribution >= 4 is 22.6 Å². The Labute approximate surface area is 153 Å². The van der Waals surface area contributed by atoms with Crippen molar-refractivity contribution in [3.05, 3.63) is 59.9 Å². The lowest BCUT2D eigenvalue weighted by Crippen LogP contribution is -2.20. The van der Waals surface area contributed by atoms with Gasteiger partial charge in [-0.05, 0) is 49.6 Å². The average molecular weight is 351 g/mol. The third-order valence-corrected chi connectivity index (χ3v) is 4.42. The van der Waals surface area contributed by atoms with Gasteiger partial charge >= 0.3 is 0 Å². The molecule has 0 saturated heterocycles. The van der Waals surface area contributed by atoms with Gasteiger partial charge in [-0.2, -0.15) is 0 Å². The largest absolute Gasteiger partial charge is 0.385 e. The van der Waals surface area contributed by atoms with Gasteiger partial charge < -0.3 is 15.0 Å². The fourth-order valence-electron chi connectivity index (χ4n) is 3.06. The molecule has 0 bridgehead atoms. The Morgan fingerprint density at radius 3 is 2.62 bits per heavy atom. The van der Waals surface area contributed by atoms with Gasteiger partial charge in [0, 0.05) is 5.69 Å². The summed E-state index contributed by atoms with van der Waals surface area (Å²) in [6, 6.07) is 15.6. The Morgan fingerprint density at radius 1 is 1.19 bits per heavy atom. The minimum Gasteiger partial charge on any atom is -0.385 e. The van der Waals surface area contributed by atoms with Crippen LogP contribution in [0.3, 0.4) is 0 Å². The predicted octanol–water partition coefficient (Wildman–Crippen LogP) is 4.07. The Bertz CT molecular complexity index is 882. The zero-order chi connectivity index (χ0) is 18.5. The van der Waals surface area contributed by atoms with Crippen LogP contribution < -0.4 is 5.32 Å². The van der Waals surface area contributed by atoms with E-state index in [0.29, 0.717) is 5.82 Å². The molecule has 5 heteroatoms. The Hall–Kier alpha value is -2.66. The quantitative estimate of drug-likeness (QED) is 0.674. The molecule has 0 aliphatic rings. The molecule has 0 aliphatic heterocycles. The fourth-order valence-corrected chi connectivity index (χ4v) is 3.06. The molecule has 3 aromatic rings. The monoisotopic (exact) mass is 351 g/mol. The first-order chi connectivity index (χ1) is 12.6. The van der Waals surface area contributed by atoms with Gasteiger partial charge in [0.05, 0.1) is 11.0 Å². The number of carbonyl (C=O) groups is 1. The number of hydrogen-bond acceptors (Lipinski definition) is 3. The summed E-state index contributed by atoms with van der Waals surface area (Å²) in [5.41, 5.74) is 3.67. The molecule has 0 saturated carbocycles. The summed E-state index contributed by atoms with van der Waals surface area (Å²) in [5, 5.41) is 12.9. The molecule has 136 valence electrons. The highest BCUT2D eigenvalue weighted by molar-refractivity contribution is 5.91. The van der Waals surface area contributed by atoms with Gasteiger partial charge in [-0.3, -0.25) is 4.79 Å². The summed E-state index contributed by atoms with van der Waals surface area (Å²) in [5.74, 6) is 0.354. The van der Waals surface area contributed by atoms with E-state index in [1.165, 1.54) is 18.4 Å². The van der Waals surface area contributed by atoms with Gasteiger partial charge in [-0.1, -0.05) is 37.6 Å². The van der Waals surface area contributed by atoms with Crippen LogP contribution in [0.4, 0.5) is 5.69 Å². The molecule has 5 nitrogen and oxygen atoms in total. The highest BCUT2D eigenvalue weighted by atomic mass is 16.3. The van der Waals surface area contributed by atoms with Gasteiger partial charge in [0.2, 0.25) is 5.91 Å². The van der Waals surface area contributed by atoms with Gasteiger partial charge in [-0.15, -0.1) is 0 Å². The number of aliphatic hydroxyl groups is 1. The highest BCUT2D eigenvalue weighted by Gasteiger charge is 2.16.